The highest BCUT2D eigenvalue weighted by Gasteiger charge is 2.16. The second-order valence-electron chi connectivity index (χ2n) is 6.80. The molecule has 1 aromatic heterocycles. The molecule has 4 rings (SSSR count). The van der Waals surface area contributed by atoms with Crippen LogP contribution in [0.25, 0.3) is 11.0 Å². The summed E-state index contributed by atoms with van der Waals surface area (Å²) < 4.78 is 5.99. The van der Waals surface area contributed by atoms with E-state index < -0.39 is 0 Å². The SMILES string of the molecule is O=C(CCc1nc2ccccc2[nH]1)Nc1cccc(OC2CCCC2)c1. The van der Waals surface area contributed by atoms with Gasteiger partial charge < -0.3 is 15.0 Å². The molecule has 0 saturated heterocycles. The number of ether oxygens (including phenoxy) is 1. The van der Waals surface area contributed by atoms with E-state index in [0.717, 1.165) is 41.1 Å². The molecular weight excluding hydrogens is 326 g/mol. The summed E-state index contributed by atoms with van der Waals surface area (Å²) in [4.78, 5) is 20.0. The van der Waals surface area contributed by atoms with Crippen molar-refractivity contribution in [3.8, 4) is 5.75 Å². The van der Waals surface area contributed by atoms with Crippen molar-refractivity contribution in [1.29, 1.82) is 0 Å². The first-order chi connectivity index (χ1) is 12.8. The Morgan fingerprint density at radius 1 is 1.15 bits per heavy atom. The molecule has 0 atom stereocenters. The van der Waals surface area contributed by atoms with Crippen LogP contribution in [0.4, 0.5) is 5.69 Å². The fraction of sp³-hybridized carbons (Fsp3) is 0.333. The number of carbonyl (C=O) groups excluding carboxylic acids is 1. The first-order valence-electron chi connectivity index (χ1n) is 9.26. The number of anilines is 1. The van der Waals surface area contributed by atoms with Gasteiger partial charge in [0.2, 0.25) is 5.91 Å². The molecule has 1 fully saturated rings. The number of imidazole rings is 1. The molecule has 0 radical (unpaired) electrons. The molecule has 26 heavy (non-hydrogen) atoms. The molecule has 1 amide bonds. The highest BCUT2D eigenvalue weighted by molar-refractivity contribution is 5.91. The molecular formula is C21H23N3O2. The van der Waals surface area contributed by atoms with Crippen molar-refractivity contribution in [2.24, 2.45) is 0 Å². The Morgan fingerprint density at radius 2 is 2.00 bits per heavy atom. The molecule has 1 aliphatic rings. The summed E-state index contributed by atoms with van der Waals surface area (Å²) in [6, 6.07) is 15.5. The van der Waals surface area contributed by atoms with Gasteiger partial charge in [0.05, 0.1) is 17.1 Å². The topological polar surface area (TPSA) is 67.0 Å². The third kappa shape index (κ3) is 4.04. The van der Waals surface area contributed by atoms with Crippen LogP contribution in [0.3, 0.4) is 0 Å². The normalized spacial score (nSPS) is 14.6. The molecule has 0 aliphatic heterocycles. The van der Waals surface area contributed by atoms with Crippen LogP contribution in [0, 0.1) is 0 Å². The van der Waals surface area contributed by atoms with Crippen LogP contribution in [0.2, 0.25) is 0 Å². The number of aryl methyl sites for hydroxylation is 1. The lowest BCUT2D eigenvalue weighted by molar-refractivity contribution is -0.116. The zero-order valence-corrected chi connectivity index (χ0v) is 14.7. The van der Waals surface area contributed by atoms with Gasteiger partial charge in [-0.25, -0.2) is 4.98 Å². The highest BCUT2D eigenvalue weighted by Crippen LogP contribution is 2.25. The number of aromatic nitrogens is 2. The summed E-state index contributed by atoms with van der Waals surface area (Å²) in [6.45, 7) is 0. The van der Waals surface area contributed by atoms with E-state index in [0.29, 0.717) is 18.9 Å². The molecule has 3 aromatic rings. The fourth-order valence-electron chi connectivity index (χ4n) is 3.43. The molecule has 2 aromatic carbocycles. The second-order valence-corrected chi connectivity index (χ2v) is 6.80. The molecule has 1 aliphatic carbocycles. The Kier molecular flexibility index (Phi) is 4.86. The number of H-pyrrole nitrogens is 1. The third-order valence-corrected chi connectivity index (χ3v) is 4.75. The van der Waals surface area contributed by atoms with Crippen molar-refractivity contribution in [3.05, 3.63) is 54.4 Å². The summed E-state index contributed by atoms with van der Waals surface area (Å²) in [7, 11) is 0. The van der Waals surface area contributed by atoms with Gasteiger partial charge in [0.1, 0.15) is 11.6 Å². The number of rotatable bonds is 6. The number of benzene rings is 2. The average molecular weight is 349 g/mol. The van der Waals surface area contributed by atoms with Crippen LogP contribution < -0.4 is 10.1 Å². The number of nitrogens with zero attached hydrogens (tertiary/aromatic N) is 1. The molecule has 1 saturated carbocycles. The van der Waals surface area contributed by atoms with Crippen LogP contribution in [0.5, 0.6) is 5.75 Å². The van der Waals surface area contributed by atoms with Crippen molar-refractivity contribution in [2.75, 3.05) is 5.32 Å². The smallest absolute Gasteiger partial charge is 0.224 e. The maximum absolute atomic E-state index is 12.3. The first kappa shape index (κ1) is 16.6. The van der Waals surface area contributed by atoms with E-state index in [2.05, 4.69) is 15.3 Å². The van der Waals surface area contributed by atoms with Crippen molar-refractivity contribution in [3.63, 3.8) is 0 Å². The summed E-state index contributed by atoms with van der Waals surface area (Å²) >= 11 is 0. The van der Waals surface area contributed by atoms with Gasteiger partial charge in [-0.3, -0.25) is 4.79 Å². The Balaban J connectivity index is 1.32. The van der Waals surface area contributed by atoms with Gasteiger partial charge in [-0.1, -0.05) is 18.2 Å². The summed E-state index contributed by atoms with van der Waals surface area (Å²) in [5.74, 6) is 1.63. The summed E-state index contributed by atoms with van der Waals surface area (Å²) in [6.07, 6.45) is 5.99. The van der Waals surface area contributed by atoms with Crippen molar-refractivity contribution in [2.45, 2.75) is 44.6 Å². The van der Waals surface area contributed by atoms with Crippen LogP contribution >= 0.6 is 0 Å². The molecule has 0 bridgehead atoms. The molecule has 5 heteroatoms. The summed E-state index contributed by atoms with van der Waals surface area (Å²) in [5.41, 5.74) is 2.70. The van der Waals surface area contributed by atoms with Crippen LogP contribution in [0.1, 0.15) is 37.9 Å². The third-order valence-electron chi connectivity index (χ3n) is 4.75. The van der Waals surface area contributed by atoms with Crippen molar-refractivity contribution < 1.29 is 9.53 Å². The minimum atomic E-state index is -0.0246. The largest absolute Gasteiger partial charge is 0.490 e. The van der Waals surface area contributed by atoms with Gasteiger partial charge in [-0.15, -0.1) is 0 Å². The molecule has 5 nitrogen and oxygen atoms in total. The standard InChI is InChI=1S/C21H23N3O2/c25-21(13-12-20-23-18-10-3-4-11-19(18)24-20)22-15-6-5-9-17(14-15)26-16-7-1-2-8-16/h3-6,9-11,14,16H,1-2,7-8,12-13H2,(H,22,25)(H,23,24). The van der Waals surface area contributed by atoms with Crippen LogP contribution in [-0.4, -0.2) is 22.0 Å². The lowest BCUT2D eigenvalue weighted by Gasteiger charge is -2.14. The van der Waals surface area contributed by atoms with Gasteiger partial charge in [0.15, 0.2) is 0 Å². The molecule has 2 N–H and O–H groups in total. The maximum atomic E-state index is 12.3. The van der Waals surface area contributed by atoms with Gasteiger partial charge in [0, 0.05) is 24.6 Å². The van der Waals surface area contributed by atoms with E-state index in [9.17, 15) is 4.79 Å². The van der Waals surface area contributed by atoms with Crippen molar-refractivity contribution in [1.82, 2.24) is 9.97 Å². The molecule has 1 heterocycles. The van der Waals surface area contributed by atoms with Gasteiger partial charge in [-0.05, 0) is 49.9 Å². The number of amides is 1. The van der Waals surface area contributed by atoms with Gasteiger partial charge in [0.25, 0.3) is 0 Å². The molecule has 0 spiro atoms. The summed E-state index contributed by atoms with van der Waals surface area (Å²) in [5, 5.41) is 2.95. The lowest BCUT2D eigenvalue weighted by atomic mass is 10.2. The van der Waals surface area contributed by atoms with Gasteiger partial charge >= 0.3 is 0 Å². The number of hydrogen-bond donors (Lipinski definition) is 2. The molecule has 0 unspecified atom stereocenters. The number of aromatic amines is 1. The Bertz CT molecular complexity index is 864. The Morgan fingerprint density at radius 3 is 2.85 bits per heavy atom. The van der Waals surface area contributed by atoms with Crippen LogP contribution in [-0.2, 0) is 11.2 Å². The maximum Gasteiger partial charge on any atom is 0.224 e. The second kappa shape index (κ2) is 7.60. The Labute approximate surface area is 152 Å². The van der Waals surface area contributed by atoms with E-state index in [-0.39, 0.29) is 5.91 Å². The predicted molar refractivity (Wildman–Crippen MR) is 102 cm³/mol. The number of nitrogens with one attached hydrogen (secondary N) is 2. The highest BCUT2D eigenvalue weighted by atomic mass is 16.5. The number of hydrogen-bond acceptors (Lipinski definition) is 3. The van der Waals surface area contributed by atoms with E-state index in [1.54, 1.807) is 0 Å². The van der Waals surface area contributed by atoms with E-state index in [1.165, 1.54) is 12.8 Å². The Hall–Kier alpha value is -2.82. The molecule has 134 valence electrons. The fourth-order valence-corrected chi connectivity index (χ4v) is 3.43. The monoisotopic (exact) mass is 349 g/mol. The quantitative estimate of drug-likeness (QED) is 0.690. The van der Waals surface area contributed by atoms with E-state index in [4.69, 9.17) is 4.74 Å². The minimum absolute atomic E-state index is 0.0246. The zero-order chi connectivity index (χ0) is 17.8. The minimum Gasteiger partial charge on any atom is -0.490 e. The average Bonchev–Trinajstić information content (AvgIpc) is 3.29. The number of carbonyl (C=O) groups is 1. The van der Waals surface area contributed by atoms with E-state index >= 15 is 0 Å². The number of fused-ring (bicyclic) bond motifs is 1. The van der Waals surface area contributed by atoms with E-state index in [1.807, 2.05) is 48.5 Å². The lowest BCUT2D eigenvalue weighted by Crippen LogP contribution is -2.14. The van der Waals surface area contributed by atoms with Crippen LogP contribution in [0.15, 0.2) is 48.5 Å². The predicted octanol–water partition coefficient (Wildman–Crippen LogP) is 4.46. The van der Waals surface area contributed by atoms with Crippen molar-refractivity contribution >= 4 is 22.6 Å². The first-order valence-corrected chi connectivity index (χ1v) is 9.26. The zero-order valence-electron chi connectivity index (χ0n) is 14.7. The van der Waals surface area contributed by atoms with Gasteiger partial charge in [-0.2, -0.15) is 0 Å². The number of para-hydroxylation sites is 2.